The number of nitrogens with one attached hydrogen (secondary N) is 1. The molecule has 16 heavy (non-hydrogen) atoms. The minimum absolute atomic E-state index is 0.377. The van der Waals surface area contributed by atoms with Gasteiger partial charge < -0.3 is 14.8 Å². The first kappa shape index (κ1) is 11.4. The summed E-state index contributed by atoms with van der Waals surface area (Å²) in [7, 11) is 1.64. The zero-order chi connectivity index (χ0) is 11.2. The minimum Gasteiger partial charge on any atom is -0.481 e. The molecule has 1 aliphatic heterocycles. The van der Waals surface area contributed by atoms with Crippen LogP contribution in [0.5, 0.6) is 5.88 Å². The fraction of sp³-hybridized carbons (Fsp3) is 0.583. The number of aromatic nitrogens is 1. The van der Waals surface area contributed by atoms with Gasteiger partial charge in [-0.2, -0.15) is 0 Å². The van der Waals surface area contributed by atoms with Crippen molar-refractivity contribution in [2.24, 2.45) is 0 Å². The van der Waals surface area contributed by atoms with Crippen LogP contribution in [0.25, 0.3) is 0 Å². The lowest BCUT2D eigenvalue weighted by molar-refractivity contribution is 0.110. The topological polar surface area (TPSA) is 43.4 Å². The molecule has 0 spiro atoms. The quantitative estimate of drug-likeness (QED) is 0.817. The molecule has 2 heterocycles. The zero-order valence-electron chi connectivity index (χ0n) is 9.61. The summed E-state index contributed by atoms with van der Waals surface area (Å²) in [5.41, 5.74) is 1.09. The second-order valence-corrected chi connectivity index (χ2v) is 3.94. The van der Waals surface area contributed by atoms with Crippen LogP contribution in [0.3, 0.4) is 0 Å². The molecule has 1 aliphatic rings. The standard InChI is InChI=1S/C12H18N2O2/c1-15-12-10(4-2-6-14-12)8-13-9-11-5-3-7-16-11/h2,4,6,11,13H,3,5,7-9H2,1H3. The fourth-order valence-corrected chi connectivity index (χ4v) is 1.92. The molecule has 1 N–H and O–H groups in total. The van der Waals surface area contributed by atoms with Gasteiger partial charge in [-0.15, -0.1) is 0 Å². The van der Waals surface area contributed by atoms with E-state index in [0.29, 0.717) is 12.0 Å². The third-order valence-corrected chi connectivity index (χ3v) is 2.75. The van der Waals surface area contributed by atoms with E-state index in [0.717, 1.165) is 31.7 Å². The third kappa shape index (κ3) is 2.93. The van der Waals surface area contributed by atoms with E-state index in [1.165, 1.54) is 6.42 Å². The molecule has 1 saturated heterocycles. The van der Waals surface area contributed by atoms with Gasteiger partial charge in [0.15, 0.2) is 0 Å². The first-order chi connectivity index (χ1) is 7.90. The number of nitrogens with zero attached hydrogens (tertiary/aromatic N) is 1. The lowest BCUT2D eigenvalue weighted by Gasteiger charge is -2.11. The summed E-state index contributed by atoms with van der Waals surface area (Å²) >= 11 is 0. The normalized spacial score (nSPS) is 19.9. The number of pyridine rings is 1. The molecule has 1 unspecified atom stereocenters. The van der Waals surface area contributed by atoms with Gasteiger partial charge in [-0.1, -0.05) is 6.07 Å². The van der Waals surface area contributed by atoms with Crippen molar-refractivity contribution in [3.05, 3.63) is 23.9 Å². The van der Waals surface area contributed by atoms with Crippen molar-refractivity contribution in [3.63, 3.8) is 0 Å². The molecule has 88 valence electrons. The number of rotatable bonds is 5. The molecule has 0 bridgehead atoms. The maximum atomic E-state index is 5.54. The van der Waals surface area contributed by atoms with Gasteiger partial charge in [0.05, 0.1) is 13.2 Å². The third-order valence-electron chi connectivity index (χ3n) is 2.75. The Balaban J connectivity index is 1.79. The van der Waals surface area contributed by atoms with Crippen LogP contribution < -0.4 is 10.1 Å². The molecule has 0 amide bonds. The molecule has 2 rings (SSSR count). The first-order valence-electron chi connectivity index (χ1n) is 5.70. The Kier molecular flexibility index (Phi) is 4.13. The smallest absolute Gasteiger partial charge is 0.217 e. The van der Waals surface area contributed by atoms with Crippen LogP contribution in [-0.2, 0) is 11.3 Å². The molecule has 0 radical (unpaired) electrons. The largest absolute Gasteiger partial charge is 0.481 e. The van der Waals surface area contributed by atoms with Gasteiger partial charge >= 0.3 is 0 Å². The van der Waals surface area contributed by atoms with Crippen LogP contribution in [0.1, 0.15) is 18.4 Å². The molecular formula is C12H18N2O2. The molecule has 4 heteroatoms. The molecule has 0 saturated carbocycles. The highest BCUT2D eigenvalue weighted by Crippen LogP contribution is 2.14. The van der Waals surface area contributed by atoms with Crippen LogP contribution in [0, 0.1) is 0 Å². The Morgan fingerprint density at radius 1 is 1.62 bits per heavy atom. The van der Waals surface area contributed by atoms with E-state index in [1.54, 1.807) is 13.3 Å². The van der Waals surface area contributed by atoms with Crippen LogP contribution in [0.4, 0.5) is 0 Å². The summed E-state index contributed by atoms with van der Waals surface area (Å²) in [6, 6.07) is 3.94. The van der Waals surface area contributed by atoms with Gasteiger partial charge in [-0.25, -0.2) is 4.98 Å². The average molecular weight is 222 g/mol. The van der Waals surface area contributed by atoms with Crippen LogP contribution in [0.2, 0.25) is 0 Å². The van der Waals surface area contributed by atoms with E-state index in [1.807, 2.05) is 12.1 Å². The number of hydrogen-bond acceptors (Lipinski definition) is 4. The highest BCUT2D eigenvalue weighted by atomic mass is 16.5. The summed E-state index contributed by atoms with van der Waals surface area (Å²) in [5.74, 6) is 0.697. The highest BCUT2D eigenvalue weighted by molar-refractivity contribution is 5.24. The lowest BCUT2D eigenvalue weighted by atomic mass is 10.2. The van der Waals surface area contributed by atoms with Gasteiger partial charge in [0.2, 0.25) is 5.88 Å². The molecule has 4 nitrogen and oxygen atoms in total. The van der Waals surface area contributed by atoms with Crippen molar-refractivity contribution in [3.8, 4) is 5.88 Å². The van der Waals surface area contributed by atoms with Gasteiger partial charge in [0.1, 0.15) is 0 Å². The van der Waals surface area contributed by atoms with E-state index < -0.39 is 0 Å². The van der Waals surface area contributed by atoms with E-state index in [2.05, 4.69) is 10.3 Å². The van der Waals surface area contributed by atoms with E-state index in [4.69, 9.17) is 9.47 Å². The molecule has 1 aromatic heterocycles. The molecular weight excluding hydrogens is 204 g/mol. The number of hydrogen-bond donors (Lipinski definition) is 1. The molecule has 0 aliphatic carbocycles. The van der Waals surface area contributed by atoms with Crippen molar-refractivity contribution in [2.75, 3.05) is 20.3 Å². The predicted molar refractivity (Wildman–Crippen MR) is 61.5 cm³/mol. The summed E-state index contributed by atoms with van der Waals surface area (Å²) in [6.07, 6.45) is 4.46. The Hall–Kier alpha value is -1.13. The monoisotopic (exact) mass is 222 g/mol. The van der Waals surface area contributed by atoms with Crippen LogP contribution >= 0.6 is 0 Å². The Bertz CT molecular complexity index is 325. The predicted octanol–water partition coefficient (Wildman–Crippen LogP) is 1.36. The Morgan fingerprint density at radius 3 is 3.31 bits per heavy atom. The molecule has 1 fully saturated rings. The van der Waals surface area contributed by atoms with Crippen LogP contribution in [0.15, 0.2) is 18.3 Å². The number of methoxy groups -OCH3 is 1. The summed E-state index contributed by atoms with van der Waals surface area (Å²) in [5, 5.41) is 3.37. The van der Waals surface area contributed by atoms with Gasteiger partial charge in [0, 0.05) is 31.5 Å². The van der Waals surface area contributed by atoms with E-state index in [-0.39, 0.29) is 0 Å². The van der Waals surface area contributed by atoms with Gasteiger partial charge in [-0.05, 0) is 18.9 Å². The van der Waals surface area contributed by atoms with Gasteiger partial charge in [0.25, 0.3) is 0 Å². The summed E-state index contributed by atoms with van der Waals surface area (Å²) < 4.78 is 10.7. The van der Waals surface area contributed by atoms with Gasteiger partial charge in [-0.3, -0.25) is 0 Å². The average Bonchev–Trinajstić information content (AvgIpc) is 2.83. The second-order valence-electron chi connectivity index (χ2n) is 3.94. The fourth-order valence-electron chi connectivity index (χ4n) is 1.92. The summed E-state index contributed by atoms with van der Waals surface area (Å²) in [6.45, 7) is 2.58. The van der Waals surface area contributed by atoms with Crippen molar-refractivity contribution < 1.29 is 9.47 Å². The summed E-state index contributed by atoms with van der Waals surface area (Å²) in [4.78, 5) is 4.15. The van der Waals surface area contributed by atoms with E-state index >= 15 is 0 Å². The second kappa shape index (κ2) is 5.82. The minimum atomic E-state index is 0.377. The lowest BCUT2D eigenvalue weighted by Crippen LogP contribution is -2.26. The van der Waals surface area contributed by atoms with E-state index in [9.17, 15) is 0 Å². The van der Waals surface area contributed by atoms with Crippen molar-refractivity contribution in [1.29, 1.82) is 0 Å². The highest BCUT2D eigenvalue weighted by Gasteiger charge is 2.14. The Labute approximate surface area is 96.0 Å². The zero-order valence-corrected chi connectivity index (χ0v) is 9.61. The SMILES string of the molecule is COc1ncccc1CNCC1CCCO1. The molecule has 0 aromatic carbocycles. The Morgan fingerprint density at radius 2 is 2.56 bits per heavy atom. The molecule has 1 atom stereocenters. The van der Waals surface area contributed by atoms with Crippen molar-refractivity contribution >= 4 is 0 Å². The van der Waals surface area contributed by atoms with Crippen molar-refractivity contribution in [1.82, 2.24) is 10.3 Å². The number of ether oxygens (including phenoxy) is 2. The first-order valence-corrected chi connectivity index (χ1v) is 5.70. The maximum Gasteiger partial charge on any atom is 0.217 e. The molecule has 1 aromatic rings. The van der Waals surface area contributed by atoms with Crippen molar-refractivity contribution in [2.45, 2.75) is 25.5 Å². The maximum absolute atomic E-state index is 5.54. The van der Waals surface area contributed by atoms with Crippen LogP contribution in [-0.4, -0.2) is 31.3 Å².